The highest BCUT2D eigenvalue weighted by Gasteiger charge is 2.44. The van der Waals surface area contributed by atoms with Crippen LogP contribution in [0.25, 0.3) is 0 Å². The third-order valence-electron chi connectivity index (χ3n) is 2.57. The third kappa shape index (κ3) is 0.736. The molecule has 3 heteroatoms. The van der Waals surface area contributed by atoms with Gasteiger partial charge in [-0.2, -0.15) is 5.10 Å². The zero-order chi connectivity index (χ0) is 7.03. The van der Waals surface area contributed by atoms with Crippen LogP contribution >= 0.6 is 0 Å². The Morgan fingerprint density at radius 1 is 1.50 bits per heavy atom. The van der Waals surface area contributed by atoms with E-state index < -0.39 is 0 Å². The maximum atomic E-state index is 3.87. The van der Waals surface area contributed by atoms with E-state index in [1.165, 1.54) is 19.5 Å². The maximum Gasteiger partial charge on any atom is 0.0447 e. The molecule has 0 amide bonds. The number of hydrazone groups is 1. The molecule has 0 aliphatic carbocycles. The van der Waals surface area contributed by atoms with Gasteiger partial charge in [-0.15, -0.1) is 0 Å². The smallest absolute Gasteiger partial charge is 0.0447 e. The monoisotopic (exact) mass is 139 g/mol. The van der Waals surface area contributed by atoms with Gasteiger partial charge in [0, 0.05) is 31.8 Å². The Morgan fingerprint density at radius 3 is 2.80 bits per heavy atom. The molecule has 0 radical (unpaired) electrons. The van der Waals surface area contributed by atoms with Crippen LogP contribution in [0.2, 0.25) is 0 Å². The molecule has 0 saturated carbocycles. The standard InChI is InChI=1S/C7H13N3/c1-8-10-5-7(6-10)2-3-9-4-7/h9H,1-6H2. The van der Waals surface area contributed by atoms with Gasteiger partial charge in [0.15, 0.2) is 0 Å². The quantitative estimate of drug-likeness (QED) is 0.514. The van der Waals surface area contributed by atoms with Gasteiger partial charge in [-0.3, -0.25) is 5.01 Å². The summed E-state index contributed by atoms with van der Waals surface area (Å²) in [5.74, 6) is 0. The number of nitrogens with one attached hydrogen (secondary N) is 1. The van der Waals surface area contributed by atoms with Gasteiger partial charge in [-0.05, 0) is 13.0 Å². The first kappa shape index (κ1) is 6.16. The van der Waals surface area contributed by atoms with Crippen molar-refractivity contribution in [3.63, 3.8) is 0 Å². The average Bonchev–Trinajstić information content (AvgIpc) is 2.30. The van der Waals surface area contributed by atoms with Gasteiger partial charge < -0.3 is 5.32 Å². The highest BCUT2D eigenvalue weighted by molar-refractivity contribution is 5.23. The highest BCUT2D eigenvalue weighted by atomic mass is 15.5. The Bertz CT molecular complexity index is 141. The van der Waals surface area contributed by atoms with Crippen molar-refractivity contribution in [3.05, 3.63) is 0 Å². The van der Waals surface area contributed by atoms with Crippen LogP contribution in [-0.4, -0.2) is 37.9 Å². The Kier molecular flexibility index (Phi) is 1.20. The van der Waals surface area contributed by atoms with Crippen LogP contribution in [0.5, 0.6) is 0 Å². The van der Waals surface area contributed by atoms with Crippen molar-refractivity contribution in [1.29, 1.82) is 0 Å². The van der Waals surface area contributed by atoms with E-state index in [9.17, 15) is 0 Å². The van der Waals surface area contributed by atoms with Crippen LogP contribution in [0.1, 0.15) is 6.42 Å². The van der Waals surface area contributed by atoms with E-state index in [1.807, 2.05) is 5.01 Å². The van der Waals surface area contributed by atoms with Crippen molar-refractivity contribution in [2.24, 2.45) is 10.5 Å². The van der Waals surface area contributed by atoms with Gasteiger partial charge >= 0.3 is 0 Å². The summed E-state index contributed by atoms with van der Waals surface area (Å²) in [6.07, 6.45) is 1.32. The van der Waals surface area contributed by atoms with E-state index in [4.69, 9.17) is 0 Å². The molecule has 2 fully saturated rings. The van der Waals surface area contributed by atoms with Crippen LogP contribution in [0.4, 0.5) is 0 Å². The zero-order valence-corrected chi connectivity index (χ0v) is 6.14. The molecule has 0 aromatic rings. The summed E-state index contributed by atoms with van der Waals surface area (Å²) < 4.78 is 0. The second kappa shape index (κ2) is 1.95. The van der Waals surface area contributed by atoms with Crippen LogP contribution in [-0.2, 0) is 0 Å². The van der Waals surface area contributed by atoms with Gasteiger partial charge in [-0.1, -0.05) is 0 Å². The lowest BCUT2D eigenvalue weighted by molar-refractivity contribution is 0.0206. The SMILES string of the molecule is C=NN1CC2(CCNC2)C1. The zero-order valence-electron chi connectivity index (χ0n) is 6.14. The lowest BCUT2D eigenvalue weighted by Gasteiger charge is -2.45. The molecule has 0 unspecified atom stereocenters. The molecule has 2 aliphatic heterocycles. The summed E-state index contributed by atoms with van der Waals surface area (Å²) in [6, 6.07) is 0. The third-order valence-corrected chi connectivity index (χ3v) is 2.57. The van der Waals surface area contributed by atoms with E-state index in [2.05, 4.69) is 17.1 Å². The van der Waals surface area contributed by atoms with Crippen LogP contribution in [0.3, 0.4) is 0 Å². The topological polar surface area (TPSA) is 27.6 Å². The minimum Gasteiger partial charge on any atom is -0.316 e. The minimum atomic E-state index is 0.571. The molecule has 1 spiro atoms. The van der Waals surface area contributed by atoms with Crippen molar-refractivity contribution >= 4 is 6.72 Å². The molecule has 2 aliphatic rings. The number of hydrogen-bond acceptors (Lipinski definition) is 3. The normalized spacial score (nSPS) is 28.6. The fourth-order valence-electron chi connectivity index (χ4n) is 1.89. The molecule has 0 atom stereocenters. The second-order valence-corrected chi connectivity index (χ2v) is 3.39. The van der Waals surface area contributed by atoms with E-state index >= 15 is 0 Å². The van der Waals surface area contributed by atoms with Crippen LogP contribution in [0, 0.1) is 5.41 Å². The van der Waals surface area contributed by atoms with E-state index in [0.29, 0.717) is 5.41 Å². The first-order chi connectivity index (χ1) is 4.85. The fourth-order valence-corrected chi connectivity index (χ4v) is 1.89. The van der Waals surface area contributed by atoms with Crippen molar-refractivity contribution in [1.82, 2.24) is 10.3 Å². The summed E-state index contributed by atoms with van der Waals surface area (Å²) in [5, 5.41) is 9.27. The Morgan fingerprint density at radius 2 is 2.30 bits per heavy atom. The van der Waals surface area contributed by atoms with Gasteiger partial charge in [0.2, 0.25) is 0 Å². The van der Waals surface area contributed by atoms with Gasteiger partial charge in [0.25, 0.3) is 0 Å². The van der Waals surface area contributed by atoms with Crippen LogP contribution in [0.15, 0.2) is 5.10 Å². The van der Waals surface area contributed by atoms with Gasteiger partial charge in [0.1, 0.15) is 0 Å². The number of rotatable bonds is 1. The Balaban J connectivity index is 1.92. The number of hydrogen-bond donors (Lipinski definition) is 1. The summed E-state index contributed by atoms with van der Waals surface area (Å²) in [6.45, 7) is 8.09. The molecule has 2 rings (SSSR count). The number of nitrogens with zero attached hydrogens (tertiary/aromatic N) is 2. The van der Waals surface area contributed by atoms with Crippen molar-refractivity contribution in [2.45, 2.75) is 6.42 Å². The first-order valence-corrected chi connectivity index (χ1v) is 3.77. The summed E-state index contributed by atoms with van der Waals surface area (Å²) >= 11 is 0. The first-order valence-electron chi connectivity index (χ1n) is 3.77. The molecule has 10 heavy (non-hydrogen) atoms. The fraction of sp³-hybridized carbons (Fsp3) is 0.857. The van der Waals surface area contributed by atoms with E-state index in [1.54, 1.807) is 0 Å². The van der Waals surface area contributed by atoms with Gasteiger partial charge in [0.05, 0.1) is 0 Å². The average molecular weight is 139 g/mol. The molecule has 2 saturated heterocycles. The second-order valence-electron chi connectivity index (χ2n) is 3.39. The molecule has 1 N–H and O–H groups in total. The molecule has 3 nitrogen and oxygen atoms in total. The van der Waals surface area contributed by atoms with Crippen molar-refractivity contribution < 1.29 is 0 Å². The van der Waals surface area contributed by atoms with Gasteiger partial charge in [-0.25, -0.2) is 0 Å². The molecule has 0 bridgehead atoms. The molecular formula is C7H13N3. The minimum absolute atomic E-state index is 0.571. The van der Waals surface area contributed by atoms with Crippen molar-refractivity contribution in [3.8, 4) is 0 Å². The lowest BCUT2D eigenvalue weighted by Crippen LogP contribution is -2.54. The summed E-state index contributed by atoms with van der Waals surface area (Å²) in [5.41, 5.74) is 0.571. The van der Waals surface area contributed by atoms with E-state index in [-0.39, 0.29) is 0 Å². The molecule has 0 aromatic heterocycles. The maximum absolute atomic E-state index is 3.87. The highest BCUT2D eigenvalue weighted by Crippen LogP contribution is 2.35. The Hall–Kier alpha value is -0.570. The largest absolute Gasteiger partial charge is 0.316 e. The molecular weight excluding hydrogens is 126 g/mol. The van der Waals surface area contributed by atoms with Crippen LogP contribution < -0.4 is 5.32 Å². The lowest BCUT2D eigenvalue weighted by atomic mass is 9.80. The molecule has 56 valence electrons. The van der Waals surface area contributed by atoms with E-state index in [0.717, 1.165) is 13.1 Å². The van der Waals surface area contributed by atoms with Crippen molar-refractivity contribution in [2.75, 3.05) is 26.2 Å². The predicted octanol–water partition coefficient (Wildman–Crippen LogP) is -0.103. The predicted molar refractivity (Wildman–Crippen MR) is 41.0 cm³/mol. The summed E-state index contributed by atoms with van der Waals surface area (Å²) in [7, 11) is 0. The summed E-state index contributed by atoms with van der Waals surface area (Å²) in [4.78, 5) is 0. The molecule has 0 aromatic carbocycles. The Labute approximate surface area is 61.1 Å². The molecule has 2 heterocycles.